The van der Waals surface area contributed by atoms with E-state index in [1.165, 1.54) is 11.1 Å². The van der Waals surface area contributed by atoms with Crippen molar-refractivity contribution >= 4 is 6.09 Å². The van der Waals surface area contributed by atoms with E-state index in [1.807, 2.05) is 20.8 Å². The minimum Gasteiger partial charge on any atom is -0.444 e. The van der Waals surface area contributed by atoms with Gasteiger partial charge in [-0.25, -0.2) is 10.7 Å². The fourth-order valence-corrected chi connectivity index (χ4v) is 2.21. The zero-order valence-electron chi connectivity index (χ0n) is 11.9. The third-order valence-corrected chi connectivity index (χ3v) is 3.00. The Kier molecular flexibility index (Phi) is 4.19. The van der Waals surface area contributed by atoms with E-state index in [-0.39, 0.29) is 24.8 Å². The molecule has 1 aliphatic rings. The molecule has 9 heteroatoms. The third kappa shape index (κ3) is 3.42. The van der Waals surface area contributed by atoms with Gasteiger partial charge in [0.1, 0.15) is 5.60 Å². The summed E-state index contributed by atoms with van der Waals surface area (Å²) in [5.74, 6) is 5.13. The summed E-state index contributed by atoms with van der Waals surface area (Å²) in [6.45, 7) is 6.16. The summed E-state index contributed by atoms with van der Waals surface area (Å²) >= 11 is 0. The highest BCUT2D eigenvalue weighted by atomic mass is 16.6. The van der Waals surface area contributed by atoms with Gasteiger partial charge < -0.3 is 14.5 Å². The van der Waals surface area contributed by atoms with Crippen LogP contribution in [0.3, 0.4) is 0 Å². The summed E-state index contributed by atoms with van der Waals surface area (Å²) in [4.78, 5) is 20.0. The summed E-state index contributed by atoms with van der Waals surface area (Å²) in [5.41, 5.74) is -0.547. The Morgan fingerprint density at radius 1 is 1.50 bits per heavy atom. The number of hydrogen-bond acceptors (Lipinski definition) is 7. The van der Waals surface area contributed by atoms with Crippen LogP contribution in [0.4, 0.5) is 4.79 Å². The lowest BCUT2D eigenvalue weighted by atomic mass is 10.2. The van der Waals surface area contributed by atoms with E-state index in [0.717, 1.165) is 0 Å². The van der Waals surface area contributed by atoms with Gasteiger partial charge in [0.05, 0.1) is 18.7 Å². The number of aromatic nitrogens is 4. The zero-order valence-corrected chi connectivity index (χ0v) is 11.9. The number of tetrazole rings is 1. The molecule has 0 spiro atoms. The van der Waals surface area contributed by atoms with E-state index >= 15 is 0 Å². The Balaban J connectivity index is 2.07. The number of carbonyl (C=O) groups is 1. The normalized spacial score (nSPS) is 23.1. The van der Waals surface area contributed by atoms with Gasteiger partial charge >= 0.3 is 6.09 Å². The van der Waals surface area contributed by atoms with Gasteiger partial charge in [0.2, 0.25) is 0 Å². The van der Waals surface area contributed by atoms with Crippen molar-refractivity contribution in [1.82, 2.24) is 25.1 Å². The molecule has 0 aromatic carbocycles. The Morgan fingerprint density at radius 2 is 2.25 bits per heavy atom. The van der Waals surface area contributed by atoms with Crippen molar-refractivity contribution in [2.75, 3.05) is 13.2 Å². The summed E-state index contributed by atoms with van der Waals surface area (Å²) in [6, 6.07) is -0.212. The largest absolute Gasteiger partial charge is 0.444 e. The van der Waals surface area contributed by atoms with Crippen molar-refractivity contribution in [3.05, 3.63) is 6.33 Å². The minimum absolute atomic E-state index is 0.0508. The van der Waals surface area contributed by atoms with Gasteiger partial charge in [-0.15, -0.1) is 10.2 Å². The highest BCUT2D eigenvalue weighted by molar-refractivity contribution is 5.69. The number of carbonyl (C=O) groups excluding carboxylic acids is 1. The van der Waals surface area contributed by atoms with Crippen molar-refractivity contribution in [1.29, 1.82) is 0 Å². The number of rotatable bonds is 3. The molecule has 0 radical (unpaired) electrons. The first kappa shape index (κ1) is 14.7. The highest BCUT2D eigenvalue weighted by Crippen LogP contribution is 2.27. The van der Waals surface area contributed by atoms with Crippen molar-refractivity contribution in [3.63, 3.8) is 0 Å². The van der Waals surface area contributed by atoms with Crippen LogP contribution in [-0.4, -0.2) is 56.0 Å². The average Bonchev–Trinajstić information content (AvgIpc) is 2.94. The maximum atomic E-state index is 12.2. The molecule has 2 rings (SSSR count). The quantitative estimate of drug-likeness (QED) is 0.785. The van der Waals surface area contributed by atoms with E-state index in [4.69, 9.17) is 10.6 Å². The van der Waals surface area contributed by atoms with Gasteiger partial charge in [0.15, 0.2) is 6.33 Å². The van der Waals surface area contributed by atoms with Crippen LogP contribution in [0.5, 0.6) is 0 Å². The fraction of sp³-hybridized carbons (Fsp3) is 0.818. The van der Waals surface area contributed by atoms with Crippen molar-refractivity contribution in [2.24, 2.45) is 5.90 Å². The molecule has 1 aromatic heterocycles. The SMILES string of the molecule is CC(C)(C)OC(=O)N1C[C@@H](n2ncnn2)C[C@H]1CON. The van der Waals surface area contributed by atoms with Gasteiger partial charge in [-0.05, 0) is 32.4 Å². The Bertz CT molecular complexity index is 444. The van der Waals surface area contributed by atoms with Crippen LogP contribution < -0.4 is 5.90 Å². The van der Waals surface area contributed by atoms with Crippen LogP contribution in [-0.2, 0) is 9.57 Å². The standard InChI is InChI=1S/C11H20N6O3/c1-11(2,3)20-10(18)16-5-8(4-9(16)6-19-12)17-14-7-13-15-17/h7-9H,4-6,12H2,1-3H3/t8-,9-/m0/s1. The van der Waals surface area contributed by atoms with E-state index in [0.29, 0.717) is 13.0 Å². The second kappa shape index (κ2) is 5.71. The van der Waals surface area contributed by atoms with Gasteiger partial charge in [0.25, 0.3) is 0 Å². The van der Waals surface area contributed by atoms with E-state index in [1.54, 1.807) is 4.90 Å². The van der Waals surface area contributed by atoms with Crippen molar-refractivity contribution in [3.8, 4) is 0 Å². The summed E-state index contributed by atoms with van der Waals surface area (Å²) in [6.07, 6.45) is 1.62. The Hall–Kier alpha value is -1.74. The first-order valence-corrected chi connectivity index (χ1v) is 6.44. The molecular weight excluding hydrogens is 264 g/mol. The first-order valence-electron chi connectivity index (χ1n) is 6.44. The van der Waals surface area contributed by atoms with E-state index < -0.39 is 5.60 Å². The molecule has 0 bridgehead atoms. The van der Waals surface area contributed by atoms with Crippen LogP contribution in [0.15, 0.2) is 6.33 Å². The molecule has 0 unspecified atom stereocenters. The maximum absolute atomic E-state index is 12.2. The zero-order chi connectivity index (χ0) is 14.8. The molecule has 0 aliphatic carbocycles. The maximum Gasteiger partial charge on any atom is 0.410 e. The molecule has 1 aromatic rings. The molecule has 2 N–H and O–H groups in total. The monoisotopic (exact) mass is 284 g/mol. The minimum atomic E-state index is -0.547. The number of hydrogen-bond donors (Lipinski definition) is 1. The van der Waals surface area contributed by atoms with E-state index in [2.05, 4.69) is 20.2 Å². The van der Waals surface area contributed by atoms with Crippen LogP contribution in [0.1, 0.15) is 33.2 Å². The van der Waals surface area contributed by atoms with Gasteiger partial charge in [-0.3, -0.25) is 0 Å². The second-order valence-corrected chi connectivity index (χ2v) is 5.77. The van der Waals surface area contributed by atoms with Crippen LogP contribution >= 0.6 is 0 Å². The lowest BCUT2D eigenvalue weighted by Crippen LogP contribution is -2.42. The predicted octanol–water partition coefficient (Wildman–Crippen LogP) is 0.114. The average molecular weight is 284 g/mol. The number of nitrogens with zero attached hydrogens (tertiary/aromatic N) is 5. The van der Waals surface area contributed by atoms with Crippen molar-refractivity contribution in [2.45, 2.75) is 44.9 Å². The van der Waals surface area contributed by atoms with Gasteiger partial charge in [-0.1, -0.05) is 0 Å². The molecule has 2 atom stereocenters. The Morgan fingerprint density at radius 3 is 2.80 bits per heavy atom. The second-order valence-electron chi connectivity index (χ2n) is 5.77. The van der Waals surface area contributed by atoms with Crippen LogP contribution in [0.25, 0.3) is 0 Å². The first-order chi connectivity index (χ1) is 9.40. The lowest BCUT2D eigenvalue weighted by molar-refractivity contribution is 0.0103. The van der Waals surface area contributed by atoms with Gasteiger partial charge in [0, 0.05) is 6.54 Å². The molecule has 20 heavy (non-hydrogen) atoms. The third-order valence-electron chi connectivity index (χ3n) is 3.00. The van der Waals surface area contributed by atoms with Gasteiger partial charge in [-0.2, -0.15) is 4.80 Å². The molecule has 1 aliphatic heterocycles. The van der Waals surface area contributed by atoms with Crippen LogP contribution in [0.2, 0.25) is 0 Å². The molecule has 112 valence electrons. The fourth-order valence-electron chi connectivity index (χ4n) is 2.21. The summed E-state index contributed by atoms with van der Waals surface area (Å²) in [5, 5.41) is 11.5. The van der Waals surface area contributed by atoms with Crippen molar-refractivity contribution < 1.29 is 14.4 Å². The smallest absolute Gasteiger partial charge is 0.410 e. The number of likely N-dealkylation sites (tertiary alicyclic amines) is 1. The highest BCUT2D eigenvalue weighted by Gasteiger charge is 2.39. The topological polar surface area (TPSA) is 108 Å². The lowest BCUT2D eigenvalue weighted by Gasteiger charge is -2.27. The summed E-state index contributed by atoms with van der Waals surface area (Å²) in [7, 11) is 0. The molecule has 9 nitrogen and oxygen atoms in total. The van der Waals surface area contributed by atoms with E-state index in [9.17, 15) is 4.79 Å². The molecule has 1 fully saturated rings. The molecule has 2 heterocycles. The van der Waals surface area contributed by atoms with Crippen LogP contribution in [0, 0.1) is 0 Å². The number of amides is 1. The molecule has 1 saturated heterocycles. The predicted molar refractivity (Wildman–Crippen MR) is 68.3 cm³/mol. The molecule has 1 amide bonds. The Labute approximate surface area is 117 Å². The summed E-state index contributed by atoms with van der Waals surface area (Å²) < 4.78 is 5.39. The molecular formula is C11H20N6O3. The molecule has 0 saturated carbocycles. The number of ether oxygens (including phenoxy) is 1. The number of nitrogens with two attached hydrogens (primary N) is 1.